The number of benzene rings is 2. The number of nitrogens with one attached hydrogen (secondary N) is 1. The van der Waals surface area contributed by atoms with Gasteiger partial charge in [0.25, 0.3) is 0 Å². The molecule has 0 saturated heterocycles. The summed E-state index contributed by atoms with van der Waals surface area (Å²) in [7, 11) is -1.79. The monoisotopic (exact) mass is 363 g/mol. The maximum Gasteiger partial charge on any atom is 0.238 e. The van der Waals surface area contributed by atoms with Crippen LogP contribution in [0.15, 0.2) is 53.4 Å². The Bertz CT molecular complexity index is 833. The van der Waals surface area contributed by atoms with Crippen LogP contribution in [0.3, 0.4) is 0 Å². The molecule has 0 aromatic heterocycles. The first kappa shape index (κ1) is 18.4. The van der Waals surface area contributed by atoms with E-state index in [0.717, 1.165) is 16.8 Å². The molecular formula is C17H21N3O2S2. The lowest BCUT2D eigenvalue weighted by atomic mass is 10.1. The van der Waals surface area contributed by atoms with Crippen molar-refractivity contribution in [2.75, 3.05) is 12.4 Å². The maximum atomic E-state index is 11.3. The Morgan fingerprint density at radius 3 is 2.38 bits per heavy atom. The Morgan fingerprint density at radius 1 is 1.21 bits per heavy atom. The zero-order chi connectivity index (χ0) is 17.9. The molecule has 5 nitrogen and oxygen atoms in total. The number of rotatable bonds is 4. The summed E-state index contributed by atoms with van der Waals surface area (Å²) in [6.45, 7) is 4.02. The van der Waals surface area contributed by atoms with Crippen molar-refractivity contribution in [1.82, 2.24) is 4.90 Å². The van der Waals surface area contributed by atoms with Gasteiger partial charge in [-0.1, -0.05) is 24.3 Å². The fourth-order valence-corrected chi connectivity index (χ4v) is 3.06. The average molecular weight is 364 g/mol. The first-order chi connectivity index (χ1) is 11.2. The van der Waals surface area contributed by atoms with Crippen LogP contribution in [0, 0.1) is 6.92 Å². The third-order valence-corrected chi connectivity index (χ3v) is 5.18. The molecule has 7 heteroatoms. The lowest BCUT2D eigenvalue weighted by Crippen LogP contribution is -2.33. The van der Waals surface area contributed by atoms with Gasteiger partial charge in [0.05, 0.1) is 10.9 Å². The highest BCUT2D eigenvalue weighted by Gasteiger charge is 2.16. The zero-order valence-corrected chi connectivity index (χ0v) is 15.5. The van der Waals surface area contributed by atoms with Crippen molar-refractivity contribution in [3.8, 4) is 0 Å². The SMILES string of the molecule is Cc1cccc(NC(=S)N(C)[C@H](C)c2ccc(S(N)(=O)=O)cc2)c1. The molecule has 24 heavy (non-hydrogen) atoms. The third kappa shape index (κ3) is 4.53. The van der Waals surface area contributed by atoms with Gasteiger partial charge in [0, 0.05) is 12.7 Å². The molecular weight excluding hydrogens is 342 g/mol. The number of sulfonamides is 1. The van der Waals surface area contributed by atoms with Crippen molar-refractivity contribution < 1.29 is 8.42 Å². The second kappa shape index (κ2) is 7.29. The molecule has 1 atom stereocenters. The minimum Gasteiger partial charge on any atom is -0.345 e. The second-order valence-electron chi connectivity index (χ2n) is 5.70. The summed E-state index contributed by atoms with van der Waals surface area (Å²) in [6.07, 6.45) is 0. The van der Waals surface area contributed by atoms with E-state index in [1.807, 2.05) is 50.1 Å². The van der Waals surface area contributed by atoms with Crippen LogP contribution in [0.4, 0.5) is 5.69 Å². The van der Waals surface area contributed by atoms with E-state index in [1.165, 1.54) is 12.1 Å². The fraction of sp³-hybridized carbons (Fsp3) is 0.235. The van der Waals surface area contributed by atoms with Crippen LogP contribution in [-0.4, -0.2) is 25.5 Å². The van der Waals surface area contributed by atoms with Crippen LogP contribution < -0.4 is 10.5 Å². The minimum atomic E-state index is -3.68. The number of nitrogens with zero attached hydrogens (tertiary/aromatic N) is 1. The van der Waals surface area contributed by atoms with Crippen LogP contribution >= 0.6 is 12.2 Å². The maximum absolute atomic E-state index is 11.3. The van der Waals surface area contributed by atoms with Gasteiger partial charge in [-0.3, -0.25) is 0 Å². The zero-order valence-electron chi connectivity index (χ0n) is 13.9. The molecule has 0 fully saturated rings. The number of primary sulfonamides is 1. The molecule has 0 unspecified atom stereocenters. The highest BCUT2D eigenvalue weighted by Crippen LogP contribution is 2.21. The summed E-state index contributed by atoms with van der Waals surface area (Å²) in [5.74, 6) is 0. The summed E-state index contributed by atoms with van der Waals surface area (Å²) in [5, 5.41) is 8.92. The third-order valence-electron chi connectivity index (χ3n) is 3.86. The summed E-state index contributed by atoms with van der Waals surface area (Å²) >= 11 is 5.46. The highest BCUT2D eigenvalue weighted by molar-refractivity contribution is 7.89. The van der Waals surface area contributed by atoms with Crippen molar-refractivity contribution in [3.63, 3.8) is 0 Å². The molecule has 2 aromatic rings. The Labute approximate surface area is 148 Å². The van der Waals surface area contributed by atoms with Crippen LogP contribution in [0.25, 0.3) is 0 Å². The number of nitrogens with two attached hydrogens (primary N) is 1. The largest absolute Gasteiger partial charge is 0.345 e. The highest BCUT2D eigenvalue weighted by atomic mass is 32.2. The molecule has 3 N–H and O–H groups in total. The molecule has 2 aromatic carbocycles. The van der Waals surface area contributed by atoms with Gasteiger partial charge >= 0.3 is 0 Å². The van der Waals surface area contributed by atoms with E-state index in [9.17, 15) is 8.42 Å². The van der Waals surface area contributed by atoms with Gasteiger partial charge in [-0.15, -0.1) is 0 Å². The van der Waals surface area contributed by atoms with Gasteiger partial charge in [0.1, 0.15) is 0 Å². The summed E-state index contributed by atoms with van der Waals surface area (Å²) in [5.41, 5.74) is 3.03. The summed E-state index contributed by atoms with van der Waals surface area (Å²) in [4.78, 5) is 2.02. The number of hydrogen-bond acceptors (Lipinski definition) is 3. The van der Waals surface area contributed by atoms with Gasteiger partial charge in [0.15, 0.2) is 5.11 Å². The van der Waals surface area contributed by atoms with E-state index in [-0.39, 0.29) is 10.9 Å². The van der Waals surface area contributed by atoms with Gasteiger partial charge in [-0.2, -0.15) is 0 Å². The first-order valence-corrected chi connectivity index (χ1v) is 9.37. The average Bonchev–Trinajstić information content (AvgIpc) is 2.52. The van der Waals surface area contributed by atoms with E-state index in [1.54, 1.807) is 12.1 Å². The van der Waals surface area contributed by atoms with Crippen LogP contribution in [0.2, 0.25) is 0 Å². The van der Waals surface area contributed by atoms with Gasteiger partial charge < -0.3 is 10.2 Å². The second-order valence-corrected chi connectivity index (χ2v) is 7.65. The molecule has 0 saturated carbocycles. The quantitative estimate of drug-likeness (QED) is 0.817. The Morgan fingerprint density at radius 2 is 1.83 bits per heavy atom. The molecule has 0 aliphatic heterocycles. The Hall–Kier alpha value is -1.96. The number of aryl methyl sites for hydroxylation is 1. The standard InChI is InChI=1S/C17H21N3O2S2/c1-12-5-4-6-15(11-12)19-17(23)20(3)13(2)14-7-9-16(10-8-14)24(18,21)22/h4-11,13H,1-3H3,(H,19,23)(H2,18,21,22)/t13-/m1/s1. The molecule has 0 radical (unpaired) electrons. The normalized spacial score (nSPS) is 12.5. The Kier molecular flexibility index (Phi) is 5.58. The van der Waals surface area contributed by atoms with Crippen molar-refractivity contribution in [2.24, 2.45) is 5.14 Å². The van der Waals surface area contributed by atoms with Crippen molar-refractivity contribution in [1.29, 1.82) is 0 Å². The van der Waals surface area contributed by atoms with Crippen molar-refractivity contribution >= 4 is 33.0 Å². The Balaban J connectivity index is 2.10. The molecule has 0 heterocycles. The van der Waals surface area contributed by atoms with Gasteiger partial charge in [0.2, 0.25) is 10.0 Å². The predicted molar refractivity (Wildman–Crippen MR) is 101 cm³/mol. The van der Waals surface area contributed by atoms with E-state index < -0.39 is 10.0 Å². The predicted octanol–water partition coefficient (Wildman–Crippen LogP) is 3.03. The van der Waals surface area contributed by atoms with E-state index >= 15 is 0 Å². The number of hydrogen-bond donors (Lipinski definition) is 2. The van der Waals surface area contributed by atoms with E-state index in [2.05, 4.69) is 5.32 Å². The van der Waals surface area contributed by atoms with E-state index in [4.69, 9.17) is 17.4 Å². The molecule has 0 amide bonds. The number of anilines is 1. The molecule has 0 bridgehead atoms. The molecule has 0 spiro atoms. The fourth-order valence-electron chi connectivity index (χ4n) is 2.27. The lowest BCUT2D eigenvalue weighted by molar-refractivity contribution is 0.408. The first-order valence-electron chi connectivity index (χ1n) is 7.42. The van der Waals surface area contributed by atoms with Gasteiger partial charge in [-0.25, -0.2) is 13.6 Å². The smallest absolute Gasteiger partial charge is 0.238 e. The topological polar surface area (TPSA) is 75.4 Å². The van der Waals surface area contributed by atoms with Crippen molar-refractivity contribution in [3.05, 3.63) is 59.7 Å². The molecule has 0 aliphatic rings. The van der Waals surface area contributed by atoms with Crippen LogP contribution in [-0.2, 0) is 10.0 Å². The summed E-state index contributed by atoms with van der Waals surface area (Å²) in [6, 6.07) is 14.4. The minimum absolute atomic E-state index is 0.0238. The molecule has 0 aliphatic carbocycles. The number of thiocarbonyl (C=S) groups is 1. The van der Waals surface area contributed by atoms with Crippen LogP contribution in [0.5, 0.6) is 0 Å². The van der Waals surface area contributed by atoms with Crippen LogP contribution in [0.1, 0.15) is 24.1 Å². The van der Waals surface area contributed by atoms with Crippen molar-refractivity contribution in [2.45, 2.75) is 24.8 Å². The molecule has 2 rings (SSSR count). The lowest BCUT2D eigenvalue weighted by Gasteiger charge is -2.28. The molecule has 128 valence electrons. The van der Waals surface area contributed by atoms with E-state index in [0.29, 0.717) is 5.11 Å². The van der Waals surface area contributed by atoms with Gasteiger partial charge in [-0.05, 0) is 61.5 Å². The summed E-state index contributed by atoms with van der Waals surface area (Å²) < 4.78 is 22.6.